The highest BCUT2D eigenvalue weighted by Gasteiger charge is 2.43. The van der Waals surface area contributed by atoms with Gasteiger partial charge in [-0.1, -0.05) is 18.2 Å². The van der Waals surface area contributed by atoms with Gasteiger partial charge in [-0.15, -0.1) is 0 Å². The van der Waals surface area contributed by atoms with Crippen LogP contribution in [-0.4, -0.2) is 26.8 Å². The zero-order valence-electron chi connectivity index (χ0n) is 21.9. The van der Waals surface area contributed by atoms with Gasteiger partial charge in [0.15, 0.2) is 0 Å². The van der Waals surface area contributed by atoms with Crippen LogP contribution in [0.3, 0.4) is 0 Å². The number of cyclic esters (lactones) is 1. The van der Waals surface area contributed by atoms with E-state index >= 15 is 0 Å². The molecule has 0 radical (unpaired) electrons. The smallest absolute Gasteiger partial charge is 0.416 e. The molecule has 4 aromatic rings. The monoisotopic (exact) mass is 613 g/mol. The van der Waals surface area contributed by atoms with Gasteiger partial charge in [-0.25, -0.2) is 9.48 Å². The lowest BCUT2D eigenvalue weighted by atomic mass is 9.95. The van der Waals surface area contributed by atoms with E-state index in [2.05, 4.69) is 5.10 Å². The second-order valence-corrected chi connectivity index (χ2v) is 9.88. The van der Waals surface area contributed by atoms with Crippen molar-refractivity contribution in [1.29, 1.82) is 0 Å². The number of carbonyl (C=O) groups excluding carboxylic acids is 1. The van der Waals surface area contributed by atoms with Crippen LogP contribution in [0.4, 0.5) is 44.3 Å². The second-order valence-electron chi connectivity index (χ2n) is 9.88. The van der Waals surface area contributed by atoms with E-state index in [1.54, 1.807) is 36.5 Å². The number of ether oxygens (including phenoxy) is 1. The first kappa shape index (κ1) is 30.0. The number of halogens is 9. The minimum atomic E-state index is -5.13. The molecule has 1 aliphatic rings. The van der Waals surface area contributed by atoms with Crippen molar-refractivity contribution in [2.24, 2.45) is 0 Å². The molecule has 0 N–H and O–H groups in total. The Bertz CT molecular complexity index is 1610. The third-order valence-corrected chi connectivity index (χ3v) is 7.03. The number of benzene rings is 3. The first-order valence-electron chi connectivity index (χ1n) is 12.6. The zero-order chi connectivity index (χ0) is 31.3. The SMILES string of the molecule is C[C@H]1[C@@H](c2cc(C(F)(F)F)cc(C(F)(F)F)c2)OC(=O)N1Cc1cc(C(F)(F)F)ccc1-c1cccc(-n2cccn2)c1. The summed E-state index contributed by atoms with van der Waals surface area (Å²) in [5.74, 6) is 0. The van der Waals surface area contributed by atoms with Crippen molar-refractivity contribution in [3.05, 3.63) is 107 Å². The summed E-state index contributed by atoms with van der Waals surface area (Å²) in [7, 11) is 0. The average molecular weight is 613 g/mol. The first-order valence-corrected chi connectivity index (χ1v) is 12.6. The molecule has 1 aliphatic heterocycles. The van der Waals surface area contributed by atoms with E-state index in [4.69, 9.17) is 4.74 Å². The second kappa shape index (κ2) is 10.7. The molecule has 1 amide bonds. The zero-order valence-corrected chi connectivity index (χ0v) is 21.9. The third-order valence-electron chi connectivity index (χ3n) is 7.03. The molecule has 0 saturated carbocycles. The normalized spacial score (nSPS) is 17.8. The minimum absolute atomic E-state index is 0.0249. The Balaban J connectivity index is 1.53. The van der Waals surface area contributed by atoms with Gasteiger partial charge in [0.25, 0.3) is 0 Å². The van der Waals surface area contributed by atoms with Crippen LogP contribution >= 0.6 is 0 Å². The van der Waals surface area contributed by atoms with E-state index in [1.165, 1.54) is 23.9 Å². The van der Waals surface area contributed by atoms with Crippen molar-refractivity contribution in [1.82, 2.24) is 14.7 Å². The fourth-order valence-electron chi connectivity index (χ4n) is 4.91. The predicted octanol–water partition coefficient (Wildman–Crippen LogP) is 8.68. The summed E-state index contributed by atoms with van der Waals surface area (Å²) >= 11 is 0. The topological polar surface area (TPSA) is 47.4 Å². The number of alkyl halides is 9. The van der Waals surface area contributed by atoms with Gasteiger partial charge in [0, 0.05) is 12.4 Å². The third kappa shape index (κ3) is 6.18. The van der Waals surface area contributed by atoms with Crippen LogP contribution in [0.2, 0.25) is 0 Å². The van der Waals surface area contributed by atoms with Crippen molar-refractivity contribution in [2.75, 3.05) is 0 Å². The van der Waals surface area contributed by atoms with Gasteiger partial charge in [0.1, 0.15) is 6.10 Å². The van der Waals surface area contributed by atoms with Gasteiger partial charge in [-0.2, -0.15) is 44.6 Å². The molecule has 1 saturated heterocycles. The van der Waals surface area contributed by atoms with E-state index in [0.29, 0.717) is 28.9 Å². The van der Waals surface area contributed by atoms with Crippen molar-refractivity contribution >= 4 is 6.09 Å². The number of carbonyl (C=O) groups is 1. The maximum absolute atomic E-state index is 13.7. The van der Waals surface area contributed by atoms with Crippen LogP contribution in [-0.2, 0) is 29.8 Å². The Labute approximate surface area is 238 Å². The number of nitrogens with zero attached hydrogens (tertiary/aromatic N) is 3. The molecule has 5 rings (SSSR count). The maximum atomic E-state index is 13.7. The first-order chi connectivity index (χ1) is 20.0. The van der Waals surface area contributed by atoms with Gasteiger partial charge in [-0.05, 0) is 77.7 Å². The fraction of sp³-hybridized carbons (Fsp3) is 0.241. The molecular formula is C29H20F9N3O2. The summed E-state index contributed by atoms with van der Waals surface area (Å²) in [5, 5.41) is 4.13. The van der Waals surface area contributed by atoms with E-state index in [9.17, 15) is 44.3 Å². The number of hydrogen-bond acceptors (Lipinski definition) is 3. The Morgan fingerprint density at radius 2 is 1.44 bits per heavy atom. The lowest BCUT2D eigenvalue weighted by Crippen LogP contribution is -2.32. The molecule has 1 aromatic heterocycles. The summed E-state index contributed by atoms with van der Waals surface area (Å²) in [6.45, 7) is 0.849. The van der Waals surface area contributed by atoms with E-state index < -0.39 is 65.6 Å². The van der Waals surface area contributed by atoms with Crippen LogP contribution in [0.25, 0.3) is 16.8 Å². The minimum Gasteiger partial charge on any atom is -0.439 e. The molecule has 43 heavy (non-hydrogen) atoms. The molecule has 0 aliphatic carbocycles. The largest absolute Gasteiger partial charge is 0.439 e. The van der Waals surface area contributed by atoms with Gasteiger partial charge >= 0.3 is 24.6 Å². The maximum Gasteiger partial charge on any atom is 0.416 e. The summed E-state index contributed by atoms with van der Waals surface area (Å²) < 4.78 is 128. The summed E-state index contributed by atoms with van der Waals surface area (Å²) in [6.07, 6.45) is -14.5. The van der Waals surface area contributed by atoms with Crippen molar-refractivity contribution in [3.8, 4) is 16.8 Å². The number of rotatable bonds is 5. The standard InChI is InChI=1S/C29H20F9N3O2/c1-16-25(18-10-21(28(33,34)35)14-22(11-18)29(36,37)38)43-26(42)40(16)15-19-12-20(27(30,31)32)6-7-24(19)17-4-2-5-23(13-17)41-9-3-8-39-41/h2-14,16,25H,15H2,1H3/t16-,25-/m0/s1. The molecule has 14 heteroatoms. The Hall–Kier alpha value is -4.49. The van der Waals surface area contributed by atoms with Gasteiger partial charge in [0.05, 0.1) is 35.0 Å². The fourth-order valence-corrected chi connectivity index (χ4v) is 4.91. The van der Waals surface area contributed by atoms with Gasteiger partial charge < -0.3 is 4.74 Å². The molecule has 5 nitrogen and oxygen atoms in total. The highest BCUT2D eigenvalue weighted by molar-refractivity contribution is 5.74. The Kier molecular flexibility index (Phi) is 7.43. The summed E-state index contributed by atoms with van der Waals surface area (Å²) in [5.41, 5.74) is -3.34. The van der Waals surface area contributed by atoms with Gasteiger partial charge in [-0.3, -0.25) is 4.90 Å². The van der Waals surface area contributed by atoms with Gasteiger partial charge in [0.2, 0.25) is 0 Å². The average Bonchev–Trinajstić information content (AvgIpc) is 3.56. The molecule has 0 bridgehead atoms. The van der Waals surface area contributed by atoms with Crippen molar-refractivity contribution < 1.29 is 49.0 Å². The summed E-state index contributed by atoms with van der Waals surface area (Å²) in [4.78, 5) is 13.9. The number of hydrogen-bond donors (Lipinski definition) is 0. The summed E-state index contributed by atoms with van der Waals surface area (Å²) in [6, 6.07) is 11.0. The molecule has 1 fully saturated rings. The quantitative estimate of drug-likeness (QED) is 0.212. The van der Waals surface area contributed by atoms with E-state index in [-0.39, 0.29) is 11.6 Å². The molecule has 226 valence electrons. The molecule has 0 unspecified atom stereocenters. The number of aromatic nitrogens is 2. The van der Waals surface area contributed by atoms with Crippen LogP contribution in [0, 0.1) is 0 Å². The molecule has 3 aromatic carbocycles. The number of amides is 1. The lowest BCUT2D eigenvalue weighted by molar-refractivity contribution is -0.143. The van der Waals surface area contributed by atoms with Crippen molar-refractivity contribution in [3.63, 3.8) is 0 Å². The highest BCUT2D eigenvalue weighted by atomic mass is 19.4. The van der Waals surface area contributed by atoms with E-state index in [0.717, 1.165) is 17.0 Å². The van der Waals surface area contributed by atoms with Crippen LogP contribution in [0.5, 0.6) is 0 Å². The van der Waals surface area contributed by atoms with E-state index in [1.807, 2.05) is 0 Å². The molecule has 2 atom stereocenters. The van der Waals surface area contributed by atoms with Crippen LogP contribution in [0.1, 0.15) is 40.8 Å². The Morgan fingerprint density at radius 1 is 0.791 bits per heavy atom. The molecular weight excluding hydrogens is 593 g/mol. The van der Waals surface area contributed by atoms with Crippen LogP contribution in [0.15, 0.2) is 79.1 Å². The highest BCUT2D eigenvalue weighted by Crippen LogP contribution is 2.42. The predicted molar refractivity (Wildman–Crippen MR) is 135 cm³/mol. The molecule has 0 spiro atoms. The lowest BCUT2D eigenvalue weighted by Gasteiger charge is -2.24. The van der Waals surface area contributed by atoms with Crippen molar-refractivity contribution in [2.45, 2.75) is 44.1 Å². The molecule has 2 heterocycles. The van der Waals surface area contributed by atoms with Crippen LogP contribution < -0.4 is 0 Å². The Morgan fingerprint density at radius 3 is 2.02 bits per heavy atom.